The number of carbonyl (C=O) groups is 1. The fourth-order valence-electron chi connectivity index (χ4n) is 2.25. The number of aryl methyl sites for hydroxylation is 1. The molecule has 0 spiro atoms. The average molecular weight is 300 g/mol. The van der Waals surface area contributed by atoms with E-state index in [9.17, 15) is 9.59 Å². The molecular weight excluding hydrogens is 284 g/mol. The molecule has 3 aromatic rings. The van der Waals surface area contributed by atoms with Crippen molar-refractivity contribution >= 4 is 11.6 Å². The van der Waals surface area contributed by atoms with Crippen LogP contribution in [0.4, 0.5) is 0 Å². The van der Waals surface area contributed by atoms with E-state index in [1.54, 1.807) is 31.5 Å². The minimum Gasteiger partial charge on any atom is -0.346 e. The number of amides is 1. The van der Waals surface area contributed by atoms with Crippen molar-refractivity contribution in [3.8, 4) is 0 Å². The molecule has 0 fully saturated rings. The van der Waals surface area contributed by atoms with Gasteiger partial charge in [0.25, 0.3) is 5.56 Å². The highest BCUT2D eigenvalue weighted by atomic mass is 16.2. The molecule has 3 aromatic heterocycles. The van der Waals surface area contributed by atoms with E-state index in [0.717, 1.165) is 5.69 Å². The molecule has 1 atom stereocenters. The summed E-state index contributed by atoms with van der Waals surface area (Å²) in [6.07, 6.45) is 3.32. The van der Waals surface area contributed by atoms with Crippen LogP contribution in [0.25, 0.3) is 5.65 Å². The summed E-state index contributed by atoms with van der Waals surface area (Å²) >= 11 is 0. The number of fused-ring (bicyclic) bond motifs is 1. The summed E-state index contributed by atoms with van der Waals surface area (Å²) in [6, 6.07) is 4.59. The molecule has 0 aliphatic carbocycles. The smallest absolute Gasteiger partial charge is 0.272 e. The van der Waals surface area contributed by atoms with Crippen molar-refractivity contribution in [2.45, 2.75) is 26.4 Å². The molecule has 2 N–H and O–H groups in total. The molecular formula is C14H16N6O2. The molecule has 1 unspecified atom stereocenters. The Kier molecular flexibility index (Phi) is 3.50. The maximum Gasteiger partial charge on any atom is 0.272 e. The van der Waals surface area contributed by atoms with Gasteiger partial charge in [0.05, 0.1) is 11.7 Å². The van der Waals surface area contributed by atoms with E-state index in [0.29, 0.717) is 11.3 Å². The summed E-state index contributed by atoms with van der Waals surface area (Å²) in [5.74, 6) is -0.191. The van der Waals surface area contributed by atoms with E-state index in [1.165, 1.54) is 15.3 Å². The molecule has 0 radical (unpaired) electrons. The molecule has 0 aliphatic rings. The first kappa shape index (κ1) is 14.1. The zero-order valence-electron chi connectivity index (χ0n) is 12.3. The molecule has 22 heavy (non-hydrogen) atoms. The topological polar surface area (TPSA) is 97.1 Å². The molecule has 0 saturated heterocycles. The van der Waals surface area contributed by atoms with Crippen molar-refractivity contribution in [1.82, 2.24) is 29.7 Å². The van der Waals surface area contributed by atoms with Crippen LogP contribution in [-0.2, 0) is 11.3 Å². The lowest BCUT2D eigenvalue weighted by Crippen LogP contribution is -2.31. The molecule has 3 rings (SSSR count). The van der Waals surface area contributed by atoms with Crippen LogP contribution in [0.3, 0.4) is 0 Å². The Morgan fingerprint density at radius 1 is 1.45 bits per heavy atom. The summed E-state index contributed by atoms with van der Waals surface area (Å²) in [4.78, 5) is 28.4. The first-order valence-electron chi connectivity index (χ1n) is 6.89. The van der Waals surface area contributed by atoms with Gasteiger partial charge in [-0.1, -0.05) is 0 Å². The predicted molar refractivity (Wildman–Crippen MR) is 79.3 cm³/mol. The molecule has 8 nitrogen and oxygen atoms in total. The maximum absolute atomic E-state index is 12.0. The summed E-state index contributed by atoms with van der Waals surface area (Å²) in [5, 5.41) is 9.70. The van der Waals surface area contributed by atoms with Gasteiger partial charge in [0.15, 0.2) is 5.65 Å². The SMILES string of the molecule is Cc1cc2nc(C(C)NC(=O)Cn3cccn3)cc(=O)n2[nH]1. The lowest BCUT2D eigenvalue weighted by molar-refractivity contribution is -0.122. The Bertz CT molecular complexity index is 861. The van der Waals surface area contributed by atoms with Gasteiger partial charge in [-0.15, -0.1) is 0 Å². The second-order valence-corrected chi connectivity index (χ2v) is 5.14. The summed E-state index contributed by atoms with van der Waals surface area (Å²) in [5.41, 5.74) is 1.70. The highest BCUT2D eigenvalue weighted by Gasteiger charge is 2.14. The van der Waals surface area contributed by atoms with Gasteiger partial charge in [0.1, 0.15) is 6.54 Å². The molecule has 114 valence electrons. The summed E-state index contributed by atoms with van der Waals surface area (Å²) < 4.78 is 2.90. The summed E-state index contributed by atoms with van der Waals surface area (Å²) in [6.45, 7) is 3.77. The highest BCUT2D eigenvalue weighted by Crippen LogP contribution is 2.09. The fraction of sp³-hybridized carbons (Fsp3) is 0.286. The molecule has 8 heteroatoms. The number of hydrogen-bond acceptors (Lipinski definition) is 4. The quantitative estimate of drug-likeness (QED) is 0.729. The van der Waals surface area contributed by atoms with E-state index in [4.69, 9.17) is 0 Å². The Morgan fingerprint density at radius 2 is 2.27 bits per heavy atom. The zero-order chi connectivity index (χ0) is 15.7. The second-order valence-electron chi connectivity index (χ2n) is 5.14. The molecule has 1 amide bonds. The van der Waals surface area contributed by atoms with Crippen LogP contribution in [-0.4, -0.2) is 30.3 Å². The van der Waals surface area contributed by atoms with Gasteiger partial charge in [-0.05, 0) is 19.9 Å². The van der Waals surface area contributed by atoms with Gasteiger partial charge < -0.3 is 5.32 Å². The van der Waals surface area contributed by atoms with Crippen molar-refractivity contribution in [3.63, 3.8) is 0 Å². The minimum absolute atomic E-state index is 0.127. The number of rotatable bonds is 4. The first-order chi connectivity index (χ1) is 10.5. The van der Waals surface area contributed by atoms with Gasteiger partial charge in [-0.2, -0.15) is 5.10 Å². The minimum atomic E-state index is -0.365. The van der Waals surface area contributed by atoms with Gasteiger partial charge in [0, 0.05) is 30.2 Å². The van der Waals surface area contributed by atoms with E-state index in [1.807, 2.05) is 6.92 Å². The van der Waals surface area contributed by atoms with Crippen LogP contribution in [0.15, 0.2) is 35.4 Å². The van der Waals surface area contributed by atoms with E-state index in [2.05, 4.69) is 20.5 Å². The van der Waals surface area contributed by atoms with Crippen LogP contribution in [0.1, 0.15) is 24.4 Å². The average Bonchev–Trinajstić information content (AvgIpc) is 3.07. The van der Waals surface area contributed by atoms with Crippen LogP contribution in [0.2, 0.25) is 0 Å². The number of carbonyl (C=O) groups excluding carboxylic acids is 1. The normalized spacial score (nSPS) is 12.5. The van der Waals surface area contributed by atoms with Crippen LogP contribution in [0, 0.1) is 6.92 Å². The monoisotopic (exact) mass is 300 g/mol. The van der Waals surface area contributed by atoms with Crippen LogP contribution >= 0.6 is 0 Å². The lowest BCUT2D eigenvalue weighted by atomic mass is 10.2. The molecule has 3 heterocycles. The van der Waals surface area contributed by atoms with Gasteiger partial charge in [0.2, 0.25) is 5.91 Å². The third-order valence-electron chi connectivity index (χ3n) is 3.28. The molecule has 0 aromatic carbocycles. The maximum atomic E-state index is 12.0. The van der Waals surface area contributed by atoms with Gasteiger partial charge in [-0.3, -0.25) is 19.4 Å². The van der Waals surface area contributed by atoms with Crippen molar-refractivity contribution in [2.24, 2.45) is 0 Å². The Balaban J connectivity index is 1.78. The van der Waals surface area contributed by atoms with E-state index in [-0.39, 0.29) is 24.1 Å². The van der Waals surface area contributed by atoms with Crippen LogP contribution in [0.5, 0.6) is 0 Å². The molecule has 0 aliphatic heterocycles. The second kappa shape index (κ2) is 5.47. The predicted octanol–water partition coefficient (Wildman–Crippen LogP) is 0.405. The van der Waals surface area contributed by atoms with E-state index >= 15 is 0 Å². The lowest BCUT2D eigenvalue weighted by Gasteiger charge is -2.13. The zero-order valence-corrected chi connectivity index (χ0v) is 12.3. The van der Waals surface area contributed by atoms with Crippen molar-refractivity contribution < 1.29 is 4.79 Å². The molecule has 0 saturated carbocycles. The fourth-order valence-corrected chi connectivity index (χ4v) is 2.25. The number of nitrogens with one attached hydrogen (secondary N) is 2. The van der Waals surface area contributed by atoms with Crippen molar-refractivity contribution in [3.05, 3.63) is 52.3 Å². The number of hydrogen-bond donors (Lipinski definition) is 2. The highest BCUT2D eigenvalue weighted by molar-refractivity contribution is 5.76. The third kappa shape index (κ3) is 2.76. The summed E-state index contributed by atoms with van der Waals surface area (Å²) in [7, 11) is 0. The largest absolute Gasteiger partial charge is 0.346 e. The van der Waals surface area contributed by atoms with Crippen molar-refractivity contribution in [1.29, 1.82) is 0 Å². The van der Waals surface area contributed by atoms with Gasteiger partial charge in [-0.25, -0.2) is 9.50 Å². The van der Waals surface area contributed by atoms with Gasteiger partial charge >= 0.3 is 0 Å². The number of nitrogens with zero attached hydrogens (tertiary/aromatic N) is 4. The van der Waals surface area contributed by atoms with Crippen molar-refractivity contribution in [2.75, 3.05) is 0 Å². The van der Waals surface area contributed by atoms with E-state index < -0.39 is 0 Å². The third-order valence-corrected chi connectivity index (χ3v) is 3.28. The number of H-pyrrole nitrogens is 1. The Labute approximate surface area is 125 Å². The Hall–Kier alpha value is -2.90. The number of aromatic nitrogens is 5. The standard InChI is InChI=1S/C14H16N6O2/c1-9-6-12-17-11(7-14(22)20(12)18-9)10(2)16-13(21)8-19-5-3-4-15-19/h3-7,10,18H,8H2,1-2H3,(H,16,21). The first-order valence-corrected chi connectivity index (χ1v) is 6.89. The number of aromatic amines is 1. The van der Waals surface area contributed by atoms with Crippen LogP contribution < -0.4 is 10.9 Å². The molecule has 0 bridgehead atoms. The Morgan fingerprint density at radius 3 is 3.00 bits per heavy atom.